The summed E-state index contributed by atoms with van der Waals surface area (Å²) in [4.78, 5) is 11.6. The predicted octanol–water partition coefficient (Wildman–Crippen LogP) is 3.15. The molecule has 20 heavy (non-hydrogen) atoms. The minimum atomic E-state index is -0.897. The van der Waals surface area contributed by atoms with Crippen LogP contribution in [0.1, 0.15) is 47.7 Å². The first-order valence-electron chi connectivity index (χ1n) is 6.93. The maximum Gasteiger partial charge on any atom is 0.338 e. The van der Waals surface area contributed by atoms with Crippen molar-refractivity contribution in [2.75, 3.05) is 6.61 Å². The summed E-state index contributed by atoms with van der Waals surface area (Å²) in [5.41, 5.74) is 3.06. The number of fused-ring (bicyclic) bond motifs is 1. The summed E-state index contributed by atoms with van der Waals surface area (Å²) in [7, 11) is 0. The van der Waals surface area contributed by atoms with E-state index >= 15 is 0 Å². The van der Waals surface area contributed by atoms with E-state index in [9.17, 15) is 9.90 Å². The number of rotatable bonds is 5. The molecule has 0 saturated carbocycles. The molecule has 0 unspecified atom stereocenters. The van der Waals surface area contributed by atoms with E-state index in [0.29, 0.717) is 24.4 Å². The topological polar surface area (TPSA) is 62.5 Å². The Hall–Kier alpha value is -1.81. The molecule has 0 bridgehead atoms. The second-order valence-corrected chi connectivity index (χ2v) is 5.47. The van der Waals surface area contributed by atoms with Crippen LogP contribution in [0.25, 0.3) is 10.9 Å². The number of nitrogens with zero attached hydrogens (tertiary/aromatic N) is 1. The Bertz CT molecular complexity index is 641. The quantitative estimate of drug-likeness (QED) is 0.881. The lowest BCUT2D eigenvalue weighted by Crippen LogP contribution is -2.06. The van der Waals surface area contributed by atoms with Crippen LogP contribution in [-0.2, 0) is 6.54 Å². The zero-order valence-corrected chi connectivity index (χ0v) is 12.2. The van der Waals surface area contributed by atoms with Crippen molar-refractivity contribution in [2.45, 2.75) is 39.7 Å². The highest BCUT2D eigenvalue weighted by atomic mass is 16.4. The minimum Gasteiger partial charge on any atom is -0.478 e. The molecule has 1 aromatic carbocycles. The zero-order valence-electron chi connectivity index (χ0n) is 12.2. The molecule has 0 fully saturated rings. The summed E-state index contributed by atoms with van der Waals surface area (Å²) >= 11 is 0. The molecule has 4 heteroatoms. The number of hydrogen-bond acceptors (Lipinski definition) is 2. The van der Waals surface area contributed by atoms with Crippen LogP contribution in [0.3, 0.4) is 0 Å². The molecular formula is C16H21NO3. The van der Waals surface area contributed by atoms with Crippen molar-refractivity contribution in [3.63, 3.8) is 0 Å². The first-order chi connectivity index (χ1) is 9.47. The van der Waals surface area contributed by atoms with Crippen LogP contribution in [0.4, 0.5) is 0 Å². The fourth-order valence-electron chi connectivity index (χ4n) is 2.67. The van der Waals surface area contributed by atoms with Gasteiger partial charge in [0.1, 0.15) is 0 Å². The Labute approximate surface area is 118 Å². The lowest BCUT2D eigenvalue weighted by molar-refractivity contribution is 0.0698. The molecule has 0 atom stereocenters. The third kappa shape index (κ3) is 2.43. The molecule has 108 valence electrons. The first-order valence-corrected chi connectivity index (χ1v) is 6.93. The number of aliphatic hydroxyl groups is 1. The molecule has 4 nitrogen and oxygen atoms in total. The second kappa shape index (κ2) is 5.67. The highest BCUT2D eigenvalue weighted by Gasteiger charge is 2.19. The molecule has 2 rings (SSSR count). The van der Waals surface area contributed by atoms with Gasteiger partial charge in [0, 0.05) is 24.7 Å². The van der Waals surface area contributed by atoms with Crippen molar-refractivity contribution in [3.05, 3.63) is 35.0 Å². The molecule has 0 aliphatic heterocycles. The van der Waals surface area contributed by atoms with E-state index in [-0.39, 0.29) is 6.61 Å². The number of benzene rings is 1. The normalized spacial score (nSPS) is 11.4. The number of aliphatic hydroxyl groups excluding tert-OH is 1. The molecular weight excluding hydrogens is 254 g/mol. The summed E-state index contributed by atoms with van der Waals surface area (Å²) in [6.07, 6.45) is 2.64. The van der Waals surface area contributed by atoms with Gasteiger partial charge in [-0.3, -0.25) is 0 Å². The zero-order chi connectivity index (χ0) is 14.9. The van der Waals surface area contributed by atoms with Gasteiger partial charge in [0.25, 0.3) is 0 Å². The molecule has 0 spiro atoms. The van der Waals surface area contributed by atoms with Gasteiger partial charge in [-0.1, -0.05) is 26.0 Å². The van der Waals surface area contributed by atoms with E-state index in [1.165, 1.54) is 0 Å². The maximum atomic E-state index is 11.6. The average Bonchev–Trinajstić information content (AvgIpc) is 2.74. The Morgan fingerprint density at radius 2 is 2.05 bits per heavy atom. The van der Waals surface area contributed by atoms with Gasteiger partial charge in [-0.05, 0) is 30.4 Å². The van der Waals surface area contributed by atoms with E-state index in [2.05, 4.69) is 13.8 Å². The van der Waals surface area contributed by atoms with Crippen LogP contribution >= 0.6 is 0 Å². The number of aromatic carboxylic acids is 1. The Morgan fingerprint density at radius 1 is 1.35 bits per heavy atom. The smallest absolute Gasteiger partial charge is 0.338 e. The van der Waals surface area contributed by atoms with E-state index in [1.807, 2.05) is 29.8 Å². The van der Waals surface area contributed by atoms with Crippen molar-refractivity contribution in [3.8, 4) is 0 Å². The van der Waals surface area contributed by atoms with Gasteiger partial charge in [0.05, 0.1) is 11.1 Å². The number of aromatic nitrogens is 1. The van der Waals surface area contributed by atoms with Crippen molar-refractivity contribution < 1.29 is 15.0 Å². The summed E-state index contributed by atoms with van der Waals surface area (Å²) in [5, 5.41) is 19.5. The average molecular weight is 275 g/mol. The largest absolute Gasteiger partial charge is 0.478 e. The second-order valence-electron chi connectivity index (χ2n) is 5.47. The molecule has 2 aromatic rings. The summed E-state index contributed by atoms with van der Waals surface area (Å²) in [6, 6.07) is 3.87. The van der Waals surface area contributed by atoms with Crippen LogP contribution < -0.4 is 0 Å². The van der Waals surface area contributed by atoms with Gasteiger partial charge in [-0.2, -0.15) is 0 Å². The van der Waals surface area contributed by atoms with Gasteiger partial charge < -0.3 is 14.8 Å². The predicted molar refractivity (Wildman–Crippen MR) is 79.4 cm³/mol. The van der Waals surface area contributed by atoms with Crippen LogP contribution in [0.2, 0.25) is 0 Å². The van der Waals surface area contributed by atoms with Gasteiger partial charge in [-0.25, -0.2) is 4.79 Å². The highest BCUT2D eigenvalue weighted by molar-refractivity contribution is 6.04. The number of carboxylic acid groups (broad SMARTS) is 1. The molecule has 1 heterocycles. The van der Waals surface area contributed by atoms with Crippen molar-refractivity contribution in [2.24, 2.45) is 0 Å². The number of carboxylic acids is 1. The highest BCUT2D eigenvalue weighted by Crippen LogP contribution is 2.31. The minimum absolute atomic E-state index is 0.102. The lowest BCUT2D eigenvalue weighted by Gasteiger charge is -2.09. The van der Waals surface area contributed by atoms with Crippen LogP contribution in [0.5, 0.6) is 0 Å². The van der Waals surface area contributed by atoms with Crippen molar-refractivity contribution in [1.82, 2.24) is 4.57 Å². The third-order valence-corrected chi connectivity index (χ3v) is 3.67. The number of hydrogen-bond donors (Lipinski definition) is 2. The van der Waals surface area contributed by atoms with Crippen LogP contribution in [-0.4, -0.2) is 27.4 Å². The Kier molecular flexibility index (Phi) is 4.14. The standard InChI is InChI=1S/C16H21NO3/c1-10(2)13-9-17(7-4-8-18)15-12(13)6-5-11(3)14(15)16(19)20/h5-6,9-10,18H,4,7-8H2,1-3H3,(H,19,20). The fraction of sp³-hybridized carbons (Fsp3) is 0.438. The molecule has 0 saturated heterocycles. The Balaban J connectivity index is 2.76. The van der Waals surface area contributed by atoms with E-state index in [0.717, 1.165) is 22.0 Å². The van der Waals surface area contributed by atoms with E-state index in [4.69, 9.17) is 5.11 Å². The molecule has 2 N–H and O–H groups in total. The first kappa shape index (κ1) is 14.6. The van der Waals surface area contributed by atoms with Crippen LogP contribution in [0.15, 0.2) is 18.3 Å². The van der Waals surface area contributed by atoms with Gasteiger partial charge in [0.2, 0.25) is 0 Å². The molecule has 1 aromatic heterocycles. The monoisotopic (exact) mass is 275 g/mol. The maximum absolute atomic E-state index is 11.6. The Morgan fingerprint density at radius 3 is 2.60 bits per heavy atom. The fourth-order valence-corrected chi connectivity index (χ4v) is 2.67. The lowest BCUT2D eigenvalue weighted by atomic mass is 9.99. The van der Waals surface area contributed by atoms with E-state index < -0.39 is 5.97 Å². The van der Waals surface area contributed by atoms with Crippen LogP contribution in [0, 0.1) is 6.92 Å². The molecule has 0 aliphatic rings. The number of carbonyl (C=O) groups is 1. The summed E-state index contributed by atoms with van der Waals surface area (Å²) in [5.74, 6) is -0.566. The molecule has 0 amide bonds. The third-order valence-electron chi connectivity index (χ3n) is 3.67. The molecule has 0 aliphatic carbocycles. The summed E-state index contributed by atoms with van der Waals surface area (Å²) in [6.45, 7) is 6.76. The molecule has 0 radical (unpaired) electrons. The SMILES string of the molecule is Cc1ccc2c(C(C)C)cn(CCCO)c2c1C(=O)O. The van der Waals surface area contributed by atoms with Crippen molar-refractivity contribution >= 4 is 16.9 Å². The van der Waals surface area contributed by atoms with E-state index in [1.54, 1.807) is 0 Å². The van der Waals surface area contributed by atoms with Gasteiger partial charge in [0.15, 0.2) is 0 Å². The van der Waals surface area contributed by atoms with Gasteiger partial charge in [-0.15, -0.1) is 0 Å². The van der Waals surface area contributed by atoms with Gasteiger partial charge >= 0.3 is 5.97 Å². The number of aryl methyl sites for hydroxylation is 2. The van der Waals surface area contributed by atoms with Crippen molar-refractivity contribution in [1.29, 1.82) is 0 Å². The summed E-state index contributed by atoms with van der Waals surface area (Å²) < 4.78 is 1.97.